The van der Waals surface area contributed by atoms with Gasteiger partial charge in [0.2, 0.25) is 11.8 Å². The quantitative estimate of drug-likeness (QED) is 0.108. The molecule has 9 heteroatoms. The number of halogens is 6. The Labute approximate surface area is 234 Å². The van der Waals surface area contributed by atoms with E-state index in [9.17, 15) is 9.59 Å². The van der Waals surface area contributed by atoms with Gasteiger partial charge in [0.1, 0.15) is 9.75 Å². The Morgan fingerprint density at radius 2 is 0.941 bits per heavy atom. The van der Waals surface area contributed by atoms with Crippen LogP contribution in [0.15, 0.2) is 10.1 Å². The molecule has 0 aromatic rings. The van der Waals surface area contributed by atoms with E-state index in [0.29, 0.717) is 6.54 Å². The molecule has 2 bridgehead atoms. The summed E-state index contributed by atoms with van der Waals surface area (Å²) < 4.78 is -1.86. The SMILES string of the molecule is CCCCCCCCCCCCCCCCN1C(=O)C2C(C1=O)C1(Cl)C(Cl)=C(Cl)C2(Cl)C1(Cl)Cl. The molecular weight excluding hydrogens is 559 g/mol. The fourth-order valence-electron chi connectivity index (χ4n) is 5.74. The lowest BCUT2D eigenvalue weighted by Crippen LogP contribution is -2.50. The number of carbonyl (C=O) groups is 2. The number of carbonyl (C=O) groups excluding carboxylic acids is 2. The van der Waals surface area contributed by atoms with Crippen molar-refractivity contribution in [1.82, 2.24) is 4.90 Å². The van der Waals surface area contributed by atoms with Gasteiger partial charge in [0, 0.05) is 6.54 Å². The molecule has 0 radical (unpaired) electrons. The minimum Gasteiger partial charge on any atom is -0.282 e. The highest BCUT2D eigenvalue weighted by Crippen LogP contribution is 2.77. The van der Waals surface area contributed by atoms with Gasteiger partial charge in [-0.3, -0.25) is 14.5 Å². The summed E-state index contributed by atoms with van der Waals surface area (Å²) in [6.45, 7) is 2.58. The third kappa shape index (κ3) is 4.78. The monoisotopic (exact) mass is 591 g/mol. The summed E-state index contributed by atoms with van der Waals surface area (Å²) >= 11 is 39.1. The number of fused-ring (bicyclic) bond motifs is 5. The molecule has 2 aliphatic carbocycles. The molecule has 0 N–H and O–H groups in total. The van der Waals surface area contributed by atoms with Crippen LogP contribution in [0.1, 0.15) is 96.8 Å². The fraction of sp³-hybridized carbons (Fsp3) is 0.840. The Kier molecular flexibility index (Phi) is 10.3. The summed E-state index contributed by atoms with van der Waals surface area (Å²) in [4.78, 5) is 24.1. The van der Waals surface area contributed by atoms with Crippen LogP contribution in [0.4, 0.5) is 0 Å². The number of alkyl halides is 4. The van der Waals surface area contributed by atoms with Crippen molar-refractivity contribution >= 4 is 81.4 Å². The summed E-state index contributed by atoms with van der Waals surface area (Å²) in [6, 6.07) is 0. The van der Waals surface area contributed by atoms with Crippen LogP contribution in [0, 0.1) is 11.8 Å². The third-order valence-electron chi connectivity index (χ3n) is 7.74. The summed E-state index contributed by atoms with van der Waals surface area (Å²) in [5, 5.41) is -0.0897. The molecule has 4 atom stereocenters. The topological polar surface area (TPSA) is 37.4 Å². The minimum absolute atomic E-state index is 0.0448. The predicted octanol–water partition coefficient (Wildman–Crippen LogP) is 8.91. The molecule has 3 nitrogen and oxygen atoms in total. The van der Waals surface area contributed by atoms with Gasteiger partial charge in [0.25, 0.3) is 0 Å². The first-order valence-corrected chi connectivity index (χ1v) is 15.0. The molecule has 1 saturated carbocycles. The summed E-state index contributed by atoms with van der Waals surface area (Å²) in [5.74, 6) is -2.88. The van der Waals surface area contributed by atoms with Crippen LogP contribution >= 0.6 is 69.6 Å². The zero-order valence-corrected chi connectivity index (χ0v) is 24.3. The van der Waals surface area contributed by atoms with Crippen molar-refractivity contribution in [2.45, 2.75) is 111 Å². The van der Waals surface area contributed by atoms with Crippen molar-refractivity contribution in [3.05, 3.63) is 10.1 Å². The molecule has 4 unspecified atom stereocenters. The average molecular weight is 594 g/mol. The van der Waals surface area contributed by atoms with Gasteiger partial charge in [0.05, 0.1) is 21.9 Å². The lowest BCUT2D eigenvalue weighted by atomic mass is 9.84. The van der Waals surface area contributed by atoms with E-state index in [1.54, 1.807) is 0 Å². The zero-order valence-electron chi connectivity index (χ0n) is 19.8. The highest BCUT2D eigenvalue weighted by atomic mass is 35.5. The average Bonchev–Trinajstić information content (AvgIpc) is 3.17. The van der Waals surface area contributed by atoms with E-state index in [1.165, 1.54) is 75.5 Å². The first-order chi connectivity index (χ1) is 16.1. The van der Waals surface area contributed by atoms with E-state index < -0.39 is 37.7 Å². The molecule has 34 heavy (non-hydrogen) atoms. The van der Waals surface area contributed by atoms with Crippen LogP contribution < -0.4 is 0 Å². The smallest absolute Gasteiger partial charge is 0.235 e. The zero-order chi connectivity index (χ0) is 25.1. The van der Waals surface area contributed by atoms with Crippen LogP contribution in [0.2, 0.25) is 0 Å². The third-order valence-corrected chi connectivity index (χ3v) is 12.0. The molecule has 0 spiro atoms. The standard InChI is InChI=1S/C25H35Cl6NO2/c1-2-3-4-5-6-7-8-9-10-11-12-13-14-15-16-32-21(33)17-18(22(32)34)24(29)20(27)19(26)23(17,28)25(24,30)31/h17-18H,2-16H2,1H3. The van der Waals surface area contributed by atoms with E-state index in [1.807, 2.05) is 0 Å². The second kappa shape index (κ2) is 12.0. The van der Waals surface area contributed by atoms with Crippen molar-refractivity contribution in [2.75, 3.05) is 6.54 Å². The van der Waals surface area contributed by atoms with Gasteiger partial charge in [-0.15, -0.1) is 23.2 Å². The normalized spacial score (nSPS) is 31.8. The number of amides is 2. The summed E-state index contributed by atoms with van der Waals surface area (Å²) in [6.07, 6.45) is 17.3. The van der Waals surface area contributed by atoms with Gasteiger partial charge in [0.15, 0.2) is 4.33 Å². The largest absolute Gasteiger partial charge is 0.282 e. The lowest BCUT2D eigenvalue weighted by molar-refractivity contribution is -0.140. The van der Waals surface area contributed by atoms with Crippen LogP contribution in [-0.4, -0.2) is 37.3 Å². The maximum atomic E-state index is 13.2. The van der Waals surface area contributed by atoms with Crippen LogP contribution in [0.3, 0.4) is 0 Å². The number of hydrogen-bond acceptors (Lipinski definition) is 2. The Morgan fingerprint density at radius 3 is 1.29 bits per heavy atom. The predicted molar refractivity (Wildman–Crippen MR) is 144 cm³/mol. The van der Waals surface area contributed by atoms with Crippen LogP contribution in [-0.2, 0) is 9.59 Å². The number of allylic oxidation sites excluding steroid dienone is 2. The van der Waals surface area contributed by atoms with E-state index in [4.69, 9.17) is 69.6 Å². The van der Waals surface area contributed by atoms with Crippen molar-refractivity contribution in [2.24, 2.45) is 11.8 Å². The molecule has 0 aromatic carbocycles. The Balaban J connectivity index is 1.36. The Morgan fingerprint density at radius 1 is 0.618 bits per heavy atom. The van der Waals surface area contributed by atoms with E-state index in [-0.39, 0.29) is 10.1 Å². The molecule has 0 aromatic heterocycles. The van der Waals surface area contributed by atoms with Crippen LogP contribution in [0.25, 0.3) is 0 Å². The maximum absolute atomic E-state index is 13.2. The molecule has 3 aliphatic rings. The fourth-order valence-corrected chi connectivity index (χ4v) is 8.67. The maximum Gasteiger partial charge on any atom is 0.235 e. The highest BCUT2D eigenvalue weighted by molar-refractivity contribution is 6.66. The van der Waals surface area contributed by atoms with E-state index in [0.717, 1.165) is 19.3 Å². The van der Waals surface area contributed by atoms with Crippen LogP contribution in [0.5, 0.6) is 0 Å². The van der Waals surface area contributed by atoms with Gasteiger partial charge in [-0.25, -0.2) is 0 Å². The van der Waals surface area contributed by atoms with Crippen molar-refractivity contribution in [3.63, 3.8) is 0 Å². The molecule has 2 amide bonds. The number of imide groups is 1. The first-order valence-electron chi connectivity index (χ1n) is 12.8. The Hall–Kier alpha value is 0.620. The summed E-state index contributed by atoms with van der Waals surface area (Å²) in [7, 11) is 0. The molecular formula is C25H35Cl6NO2. The minimum atomic E-state index is -1.86. The van der Waals surface area contributed by atoms with Gasteiger partial charge in [-0.2, -0.15) is 0 Å². The Bertz CT molecular complexity index is 756. The molecule has 3 rings (SSSR count). The molecule has 1 saturated heterocycles. The van der Waals surface area contributed by atoms with E-state index >= 15 is 0 Å². The molecule has 2 fully saturated rings. The highest BCUT2D eigenvalue weighted by Gasteiger charge is 2.87. The second-order valence-corrected chi connectivity index (χ2v) is 13.3. The molecule has 194 valence electrons. The summed E-state index contributed by atoms with van der Waals surface area (Å²) in [5.41, 5.74) is 0. The number of nitrogens with zero attached hydrogens (tertiary/aromatic N) is 1. The van der Waals surface area contributed by atoms with Gasteiger partial charge in [-0.1, -0.05) is 137 Å². The van der Waals surface area contributed by atoms with Gasteiger partial charge >= 0.3 is 0 Å². The second-order valence-electron chi connectivity index (χ2n) is 10.0. The molecule has 1 aliphatic heterocycles. The van der Waals surface area contributed by atoms with Crippen molar-refractivity contribution in [3.8, 4) is 0 Å². The van der Waals surface area contributed by atoms with E-state index in [2.05, 4.69) is 6.92 Å². The first kappa shape index (κ1) is 29.2. The van der Waals surface area contributed by atoms with Gasteiger partial charge in [-0.05, 0) is 6.42 Å². The van der Waals surface area contributed by atoms with Gasteiger partial charge < -0.3 is 0 Å². The number of unbranched alkanes of at least 4 members (excludes halogenated alkanes) is 13. The number of hydrogen-bond donors (Lipinski definition) is 0. The van der Waals surface area contributed by atoms with Crippen molar-refractivity contribution in [1.29, 1.82) is 0 Å². The number of likely N-dealkylation sites (tertiary alicyclic amines) is 1. The lowest BCUT2D eigenvalue weighted by Gasteiger charge is -2.34. The molecule has 1 heterocycles. The number of rotatable bonds is 15. The van der Waals surface area contributed by atoms with Crippen molar-refractivity contribution < 1.29 is 9.59 Å².